The van der Waals surface area contributed by atoms with E-state index in [4.69, 9.17) is 35.3 Å². The molecule has 1 saturated heterocycles. The summed E-state index contributed by atoms with van der Waals surface area (Å²) in [5.41, 5.74) is 3.66. The van der Waals surface area contributed by atoms with Gasteiger partial charge in [0.2, 0.25) is 0 Å². The molecule has 1 unspecified atom stereocenters. The number of ether oxygens (including phenoxy) is 5. The predicted octanol–water partition coefficient (Wildman–Crippen LogP) is 5.26. The topological polar surface area (TPSA) is 75.2 Å². The van der Waals surface area contributed by atoms with Crippen LogP contribution >= 0.6 is 11.6 Å². The van der Waals surface area contributed by atoms with Gasteiger partial charge in [0.1, 0.15) is 35.3 Å². The largest absolute Gasteiger partial charge is 0.497 e. The van der Waals surface area contributed by atoms with Crippen LogP contribution in [-0.4, -0.2) is 50.2 Å². The third-order valence-electron chi connectivity index (χ3n) is 6.21. The Labute approximate surface area is 220 Å². The number of aromatic nitrogens is 2. The normalized spacial score (nSPS) is 15.5. The van der Waals surface area contributed by atoms with Crippen LogP contribution in [0, 0.1) is 0 Å². The lowest BCUT2D eigenvalue weighted by Gasteiger charge is -2.37. The van der Waals surface area contributed by atoms with Crippen molar-refractivity contribution in [2.45, 2.75) is 19.4 Å². The van der Waals surface area contributed by atoms with Gasteiger partial charge in [0.25, 0.3) is 0 Å². The summed E-state index contributed by atoms with van der Waals surface area (Å²) in [6, 6.07) is 19.5. The fraction of sp³-hybridized carbons (Fsp3) is 0.286. The number of methoxy groups -OCH3 is 2. The second kappa shape index (κ2) is 11.6. The minimum atomic E-state index is -0.278. The lowest BCUT2D eigenvalue weighted by atomic mass is 10.1. The Morgan fingerprint density at radius 1 is 0.919 bits per heavy atom. The first-order valence-corrected chi connectivity index (χ1v) is 12.3. The average molecular weight is 522 g/mol. The van der Waals surface area contributed by atoms with E-state index in [1.807, 2.05) is 60.7 Å². The highest BCUT2D eigenvalue weighted by molar-refractivity contribution is 6.34. The molecule has 1 fully saturated rings. The van der Waals surface area contributed by atoms with Crippen molar-refractivity contribution in [3.63, 3.8) is 0 Å². The van der Waals surface area contributed by atoms with Crippen LogP contribution in [0.3, 0.4) is 0 Å². The standard InChI is InChI=1S/C28H28ClN3O5/c1-33-22-7-3-19(4-8-22)15-36-25-14-21(13-24-27(25)28(29)31-18-30-24)32-11-12-35-17-26(32)37-16-20-5-9-23(34-2)10-6-20/h3-10,13-14,18,26H,11-12,15-17H2,1-2H3. The molecule has 0 aliphatic carbocycles. The van der Waals surface area contributed by atoms with Crippen LogP contribution < -0.4 is 19.1 Å². The van der Waals surface area contributed by atoms with Crippen LogP contribution in [-0.2, 0) is 22.7 Å². The Morgan fingerprint density at radius 2 is 1.59 bits per heavy atom. The van der Waals surface area contributed by atoms with Gasteiger partial charge in [0, 0.05) is 18.3 Å². The van der Waals surface area contributed by atoms with Crippen LogP contribution in [0.1, 0.15) is 11.1 Å². The minimum absolute atomic E-state index is 0.278. The molecular weight excluding hydrogens is 494 g/mol. The maximum absolute atomic E-state index is 6.47. The van der Waals surface area contributed by atoms with Crippen LogP contribution in [0.2, 0.25) is 5.15 Å². The Bertz CT molecular complexity index is 1330. The van der Waals surface area contributed by atoms with Gasteiger partial charge in [-0.1, -0.05) is 35.9 Å². The van der Waals surface area contributed by atoms with Gasteiger partial charge < -0.3 is 28.6 Å². The van der Waals surface area contributed by atoms with E-state index in [0.29, 0.717) is 54.8 Å². The van der Waals surface area contributed by atoms with E-state index in [0.717, 1.165) is 28.3 Å². The van der Waals surface area contributed by atoms with Crippen molar-refractivity contribution in [1.29, 1.82) is 0 Å². The molecule has 0 bridgehead atoms. The van der Waals surface area contributed by atoms with Crippen molar-refractivity contribution in [1.82, 2.24) is 9.97 Å². The maximum Gasteiger partial charge on any atom is 0.154 e. The van der Waals surface area contributed by atoms with Gasteiger partial charge in [0.05, 0.1) is 44.9 Å². The Morgan fingerprint density at radius 3 is 2.27 bits per heavy atom. The number of nitrogens with zero attached hydrogens (tertiary/aromatic N) is 3. The summed E-state index contributed by atoms with van der Waals surface area (Å²) >= 11 is 6.47. The summed E-state index contributed by atoms with van der Waals surface area (Å²) in [5, 5.41) is 1.01. The molecule has 0 saturated carbocycles. The van der Waals surface area contributed by atoms with Crippen molar-refractivity contribution in [2.75, 3.05) is 38.9 Å². The minimum Gasteiger partial charge on any atom is -0.497 e. The number of fused-ring (bicyclic) bond motifs is 1. The molecule has 9 heteroatoms. The van der Waals surface area contributed by atoms with Gasteiger partial charge in [-0.25, -0.2) is 9.97 Å². The van der Waals surface area contributed by atoms with E-state index in [-0.39, 0.29) is 6.23 Å². The van der Waals surface area contributed by atoms with Gasteiger partial charge in [-0.15, -0.1) is 0 Å². The van der Waals surface area contributed by atoms with Crippen LogP contribution in [0.15, 0.2) is 67.0 Å². The third-order valence-corrected chi connectivity index (χ3v) is 6.50. The van der Waals surface area contributed by atoms with Crippen molar-refractivity contribution < 1.29 is 23.7 Å². The molecule has 3 aromatic carbocycles. The van der Waals surface area contributed by atoms with Crippen molar-refractivity contribution in [3.8, 4) is 17.2 Å². The molecule has 5 rings (SSSR count). The lowest BCUT2D eigenvalue weighted by Crippen LogP contribution is -2.47. The number of hydrogen-bond donors (Lipinski definition) is 0. The average Bonchev–Trinajstić information content (AvgIpc) is 2.95. The van der Waals surface area contributed by atoms with Crippen LogP contribution in [0.25, 0.3) is 10.9 Å². The monoisotopic (exact) mass is 521 g/mol. The summed E-state index contributed by atoms with van der Waals surface area (Å²) in [5.74, 6) is 2.21. The van der Waals surface area contributed by atoms with Crippen LogP contribution in [0.5, 0.6) is 17.2 Å². The summed E-state index contributed by atoms with van der Waals surface area (Å²) in [6.07, 6.45) is 1.18. The molecule has 0 radical (unpaired) electrons. The Hall–Kier alpha value is -3.59. The zero-order valence-corrected chi connectivity index (χ0v) is 21.5. The molecule has 0 N–H and O–H groups in total. The molecule has 1 aliphatic heterocycles. The van der Waals surface area contributed by atoms with E-state index in [2.05, 4.69) is 14.9 Å². The van der Waals surface area contributed by atoms with Crippen molar-refractivity contribution >= 4 is 28.2 Å². The predicted molar refractivity (Wildman–Crippen MR) is 142 cm³/mol. The van der Waals surface area contributed by atoms with Gasteiger partial charge in [-0.3, -0.25) is 0 Å². The maximum atomic E-state index is 6.47. The zero-order valence-electron chi connectivity index (χ0n) is 20.7. The number of anilines is 1. The molecule has 2 heterocycles. The molecule has 0 amide bonds. The number of benzene rings is 3. The van der Waals surface area contributed by atoms with Crippen LogP contribution in [0.4, 0.5) is 5.69 Å². The highest BCUT2D eigenvalue weighted by Gasteiger charge is 2.26. The van der Waals surface area contributed by atoms with E-state index in [1.54, 1.807) is 14.2 Å². The van der Waals surface area contributed by atoms with E-state index < -0.39 is 0 Å². The van der Waals surface area contributed by atoms with Crippen molar-refractivity contribution in [3.05, 3.63) is 83.3 Å². The molecular formula is C28H28ClN3O5. The third kappa shape index (κ3) is 5.88. The molecule has 1 atom stereocenters. The highest BCUT2D eigenvalue weighted by atomic mass is 35.5. The Kier molecular flexibility index (Phi) is 7.89. The summed E-state index contributed by atoms with van der Waals surface area (Å²) in [6.45, 7) is 2.49. The number of rotatable bonds is 9. The molecule has 37 heavy (non-hydrogen) atoms. The quantitative estimate of drug-likeness (QED) is 0.276. The molecule has 1 aromatic heterocycles. The highest BCUT2D eigenvalue weighted by Crippen LogP contribution is 2.36. The summed E-state index contributed by atoms with van der Waals surface area (Å²) < 4.78 is 28.8. The van der Waals surface area contributed by atoms with E-state index >= 15 is 0 Å². The second-order valence-corrected chi connectivity index (χ2v) is 8.88. The molecule has 192 valence electrons. The zero-order chi connectivity index (χ0) is 25.6. The van der Waals surface area contributed by atoms with Gasteiger partial charge in [-0.05, 0) is 41.5 Å². The van der Waals surface area contributed by atoms with Crippen molar-refractivity contribution in [2.24, 2.45) is 0 Å². The van der Waals surface area contributed by atoms with Gasteiger partial charge in [-0.2, -0.15) is 0 Å². The van der Waals surface area contributed by atoms with E-state index in [1.165, 1.54) is 6.33 Å². The summed E-state index contributed by atoms with van der Waals surface area (Å²) in [4.78, 5) is 10.8. The first-order chi connectivity index (χ1) is 18.1. The SMILES string of the molecule is COc1ccc(COc2cc(N3CCOCC3OCc3ccc(OC)cc3)cc3ncnc(Cl)c23)cc1. The summed E-state index contributed by atoms with van der Waals surface area (Å²) in [7, 11) is 3.30. The lowest BCUT2D eigenvalue weighted by molar-refractivity contribution is -0.0478. The molecule has 4 aromatic rings. The number of morpholine rings is 1. The smallest absolute Gasteiger partial charge is 0.154 e. The number of hydrogen-bond acceptors (Lipinski definition) is 8. The fourth-order valence-electron chi connectivity index (χ4n) is 4.19. The first kappa shape index (κ1) is 25.1. The van der Waals surface area contributed by atoms with Gasteiger partial charge in [0.15, 0.2) is 6.23 Å². The number of halogens is 1. The van der Waals surface area contributed by atoms with E-state index in [9.17, 15) is 0 Å². The second-order valence-electron chi connectivity index (χ2n) is 8.52. The molecule has 1 aliphatic rings. The molecule has 8 nitrogen and oxygen atoms in total. The first-order valence-electron chi connectivity index (χ1n) is 11.9. The fourth-order valence-corrected chi connectivity index (χ4v) is 4.43. The van der Waals surface area contributed by atoms with Gasteiger partial charge >= 0.3 is 0 Å². The molecule has 0 spiro atoms. The Balaban J connectivity index is 1.39.